The number of aryl methyl sites for hydroxylation is 1. The Kier molecular flexibility index (Phi) is 6.39. The molecule has 4 aromatic rings. The molecule has 2 atom stereocenters. The second-order valence-electron chi connectivity index (χ2n) is 9.38. The molecule has 2 aromatic heterocycles. The van der Waals surface area contributed by atoms with Crippen LogP contribution in [-0.2, 0) is 0 Å². The van der Waals surface area contributed by atoms with Gasteiger partial charge in [0, 0.05) is 34.0 Å². The zero-order valence-corrected chi connectivity index (χ0v) is 21.9. The Morgan fingerprint density at radius 1 is 0.943 bits per heavy atom. The van der Waals surface area contributed by atoms with Crippen molar-refractivity contribution in [2.75, 3.05) is 4.90 Å². The van der Waals surface area contributed by atoms with Crippen molar-refractivity contribution < 1.29 is 0 Å². The third-order valence-corrected chi connectivity index (χ3v) is 7.34. The van der Waals surface area contributed by atoms with Crippen molar-refractivity contribution in [1.29, 1.82) is 0 Å². The predicted octanol–water partition coefficient (Wildman–Crippen LogP) is 7.44. The number of nitrogens with one attached hydrogen (secondary N) is 1. The van der Waals surface area contributed by atoms with Gasteiger partial charge in [-0.1, -0.05) is 49.7 Å². The molecule has 1 aliphatic heterocycles. The van der Waals surface area contributed by atoms with E-state index in [9.17, 15) is 0 Å². The van der Waals surface area contributed by atoms with E-state index in [1.54, 1.807) is 0 Å². The van der Waals surface area contributed by atoms with Crippen LogP contribution in [0.3, 0.4) is 0 Å². The number of anilines is 1. The van der Waals surface area contributed by atoms with Gasteiger partial charge in [0.25, 0.3) is 0 Å². The van der Waals surface area contributed by atoms with E-state index >= 15 is 0 Å². The van der Waals surface area contributed by atoms with Gasteiger partial charge in [-0.3, -0.25) is 4.98 Å². The SMILES string of the molecule is Cc1cc([C@H]2[C@H](c3ccccn3)NC(=S)N2c2ccc(C(C)C)cc2)c(C)n1-c1cccc(Cl)c1. The lowest BCUT2D eigenvalue weighted by Crippen LogP contribution is -2.29. The normalized spacial score (nSPS) is 17.8. The van der Waals surface area contributed by atoms with E-state index in [4.69, 9.17) is 28.8 Å². The van der Waals surface area contributed by atoms with Crippen molar-refractivity contribution >= 4 is 34.6 Å². The monoisotopic (exact) mass is 500 g/mol. The molecule has 0 saturated carbocycles. The first-order valence-corrected chi connectivity index (χ1v) is 12.7. The molecule has 35 heavy (non-hydrogen) atoms. The highest BCUT2D eigenvalue weighted by atomic mass is 35.5. The van der Waals surface area contributed by atoms with Crippen molar-refractivity contribution in [3.63, 3.8) is 0 Å². The molecule has 6 heteroatoms. The van der Waals surface area contributed by atoms with E-state index in [-0.39, 0.29) is 12.1 Å². The van der Waals surface area contributed by atoms with Crippen LogP contribution in [0.1, 0.15) is 60.1 Å². The van der Waals surface area contributed by atoms with Gasteiger partial charge in [-0.25, -0.2) is 0 Å². The Hall–Kier alpha value is -3.15. The Morgan fingerprint density at radius 3 is 2.37 bits per heavy atom. The summed E-state index contributed by atoms with van der Waals surface area (Å²) >= 11 is 12.3. The highest BCUT2D eigenvalue weighted by Gasteiger charge is 2.42. The lowest BCUT2D eigenvalue weighted by atomic mass is 9.96. The summed E-state index contributed by atoms with van der Waals surface area (Å²) in [6, 6.07) is 24.9. The number of aromatic nitrogens is 2. The lowest BCUT2D eigenvalue weighted by molar-refractivity contribution is 0.565. The lowest BCUT2D eigenvalue weighted by Gasteiger charge is -2.28. The number of pyridine rings is 1. The minimum atomic E-state index is -0.0817. The maximum Gasteiger partial charge on any atom is 0.174 e. The predicted molar refractivity (Wildman–Crippen MR) is 149 cm³/mol. The number of benzene rings is 2. The molecule has 1 saturated heterocycles. The number of thiocarbonyl (C=S) groups is 1. The summed E-state index contributed by atoms with van der Waals surface area (Å²) in [7, 11) is 0. The van der Waals surface area contributed by atoms with Crippen LogP contribution in [0, 0.1) is 13.8 Å². The smallest absolute Gasteiger partial charge is 0.174 e. The van der Waals surface area contributed by atoms with E-state index in [0.29, 0.717) is 11.0 Å². The van der Waals surface area contributed by atoms with E-state index in [1.165, 1.54) is 11.1 Å². The van der Waals surface area contributed by atoms with Crippen LogP contribution < -0.4 is 10.2 Å². The van der Waals surface area contributed by atoms with Gasteiger partial charge in [-0.2, -0.15) is 0 Å². The average molecular weight is 501 g/mol. The van der Waals surface area contributed by atoms with Crippen LogP contribution in [0.4, 0.5) is 5.69 Å². The molecule has 3 heterocycles. The highest BCUT2D eigenvalue weighted by molar-refractivity contribution is 7.80. The average Bonchev–Trinajstić information content (AvgIpc) is 3.34. The van der Waals surface area contributed by atoms with Crippen LogP contribution in [0.5, 0.6) is 0 Å². The maximum atomic E-state index is 6.34. The fourth-order valence-corrected chi connectivity index (χ4v) is 5.60. The fraction of sp³-hybridized carbons (Fsp3) is 0.241. The van der Waals surface area contributed by atoms with Gasteiger partial charge in [-0.15, -0.1) is 0 Å². The molecule has 0 unspecified atom stereocenters. The molecule has 2 aromatic carbocycles. The Bertz CT molecular complexity index is 1360. The van der Waals surface area contributed by atoms with Gasteiger partial charge >= 0.3 is 0 Å². The van der Waals surface area contributed by atoms with Gasteiger partial charge in [0.2, 0.25) is 0 Å². The molecule has 0 aliphatic carbocycles. The molecule has 4 nitrogen and oxygen atoms in total. The summed E-state index contributed by atoms with van der Waals surface area (Å²) in [6.45, 7) is 8.72. The quantitative estimate of drug-likeness (QED) is 0.288. The molecule has 0 bridgehead atoms. The molecule has 178 valence electrons. The van der Waals surface area contributed by atoms with Crippen LogP contribution in [0.2, 0.25) is 5.02 Å². The van der Waals surface area contributed by atoms with Crippen molar-refractivity contribution in [3.8, 4) is 5.69 Å². The number of rotatable bonds is 5. The summed E-state index contributed by atoms with van der Waals surface area (Å²) in [4.78, 5) is 6.93. The van der Waals surface area contributed by atoms with Gasteiger partial charge in [0.15, 0.2) is 5.11 Å². The Balaban J connectivity index is 1.66. The molecular formula is C29H29ClN4S. The number of hydrogen-bond donors (Lipinski definition) is 1. The molecule has 1 N–H and O–H groups in total. The van der Waals surface area contributed by atoms with Gasteiger partial charge in [-0.05, 0) is 91.6 Å². The van der Waals surface area contributed by atoms with Crippen molar-refractivity contribution in [3.05, 3.63) is 112 Å². The van der Waals surface area contributed by atoms with E-state index in [1.807, 2.05) is 36.5 Å². The molecule has 1 aliphatic rings. The van der Waals surface area contributed by atoms with Crippen LogP contribution in [-0.4, -0.2) is 14.7 Å². The molecule has 0 amide bonds. The second kappa shape index (κ2) is 9.48. The highest BCUT2D eigenvalue weighted by Crippen LogP contribution is 2.44. The third kappa shape index (κ3) is 4.35. The maximum absolute atomic E-state index is 6.34. The van der Waals surface area contributed by atoms with Crippen LogP contribution in [0.25, 0.3) is 5.69 Å². The molecule has 1 fully saturated rings. The van der Waals surface area contributed by atoms with E-state index in [0.717, 1.165) is 33.5 Å². The molecule has 0 radical (unpaired) electrons. The zero-order valence-electron chi connectivity index (χ0n) is 20.4. The van der Waals surface area contributed by atoms with Crippen LogP contribution >= 0.6 is 23.8 Å². The summed E-state index contributed by atoms with van der Waals surface area (Å²) in [5.41, 5.74) is 7.91. The third-order valence-electron chi connectivity index (χ3n) is 6.79. The summed E-state index contributed by atoms with van der Waals surface area (Å²) < 4.78 is 2.26. The number of halogens is 1. The standard InChI is InChI=1S/C29H29ClN4S/c1-18(2)21-11-13-23(14-12-21)34-28(27(32-29(34)35)26-10-5-6-15-31-26)25-16-19(3)33(20(25)4)24-9-7-8-22(30)17-24/h5-18,27-28H,1-4H3,(H,32,35)/t27-,28-/m0/s1. The number of hydrogen-bond acceptors (Lipinski definition) is 2. The van der Waals surface area contributed by atoms with Crippen LogP contribution in [0.15, 0.2) is 79.0 Å². The topological polar surface area (TPSA) is 33.1 Å². The van der Waals surface area contributed by atoms with Crippen molar-refractivity contribution in [1.82, 2.24) is 14.9 Å². The Labute approximate surface area is 217 Å². The first kappa shape index (κ1) is 23.6. The fourth-order valence-electron chi connectivity index (χ4n) is 5.07. The van der Waals surface area contributed by atoms with E-state index in [2.05, 4.69) is 84.9 Å². The van der Waals surface area contributed by atoms with Gasteiger partial charge in [0.1, 0.15) is 0 Å². The second-order valence-corrected chi connectivity index (χ2v) is 10.2. The summed E-state index contributed by atoms with van der Waals surface area (Å²) in [6.07, 6.45) is 1.84. The molecule has 5 rings (SSSR count). The largest absolute Gasteiger partial charge is 0.351 e. The zero-order chi connectivity index (χ0) is 24.7. The first-order valence-electron chi connectivity index (χ1n) is 11.9. The van der Waals surface area contributed by atoms with Crippen molar-refractivity contribution in [2.45, 2.75) is 45.7 Å². The summed E-state index contributed by atoms with van der Waals surface area (Å²) in [5.74, 6) is 0.474. The molecular weight excluding hydrogens is 472 g/mol. The molecule has 0 spiro atoms. The first-order chi connectivity index (χ1) is 16.8. The minimum absolute atomic E-state index is 0.0542. The van der Waals surface area contributed by atoms with Crippen molar-refractivity contribution in [2.24, 2.45) is 0 Å². The van der Waals surface area contributed by atoms with E-state index < -0.39 is 0 Å². The Morgan fingerprint density at radius 2 is 1.71 bits per heavy atom. The summed E-state index contributed by atoms with van der Waals surface area (Å²) in [5, 5.41) is 5.00. The van der Waals surface area contributed by atoms with Gasteiger partial charge < -0.3 is 14.8 Å². The van der Waals surface area contributed by atoms with Gasteiger partial charge in [0.05, 0.1) is 17.8 Å². The minimum Gasteiger partial charge on any atom is -0.351 e. The number of nitrogens with zero attached hydrogens (tertiary/aromatic N) is 3.